The van der Waals surface area contributed by atoms with E-state index in [1.54, 1.807) is 23.5 Å². The predicted octanol–water partition coefficient (Wildman–Crippen LogP) is 10.1. The number of aromatic nitrogens is 1. The lowest BCUT2D eigenvalue weighted by Gasteiger charge is -2.35. The maximum atomic E-state index is 14.0. The maximum Gasteiger partial charge on any atom is 0.246 e. The van der Waals surface area contributed by atoms with Crippen molar-refractivity contribution in [1.29, 1.82) is 0 Å². The number of hydrogen-bond acceptors (Lipinski definition) is 9. The van der Waals surface area contributed by atoms with Gasteiger partial charge in [0.15, 0.2) is 0 Å². The highest BCUT2D eigenvalue weighted by atomic mass is 32.1. The summed E-state index contributed by atoms with van der Waals surface area (Å²) in [6.45, 7) is 10.5. The van der Waals surface area contributed by atoms with Gasteiger partial charge in [-0.05, 0) is 101 Å². The third-order valence-electron chi connectivity index (χ3n) is 12.3. The van der Waals surface area contributed by atoms with Crippen molar-refractivity contribution in [2.45, 2.75) is 124 Å². The van der Waals surface area contributed by atoms with Gasteiger partial charge in [0.05, 0.1) is 28.8 Å². The number of carbonyl (C=O) groups excluding carboxylic acids is 4. The number of amides is 3. The number of thiazole rings is 1. The van der Waals surface area contributed by atoms with Crippen LogP contribution in [-0.4, -0.2) is 74.9 Å². The van der Waals surface area contributed by atoms with Crippen LogP contribution in [0.2, 0.25) is 0 Å². The molecule has 354 valence electrons. The summed E-state index contributed by atoms with van der Waals surface area (Å²) in [6.07, 6.45) is 4.82. The SMILES string of the molecule is CCC(=C(c1ccc(O)cc1)c1ccc(OCCCC(=O)CCCCCCC(=O)N[C@H](C(=O)N2C[C@H](O)C[C@H]2C(=O)NCc2ccc(-c3scnc3C)cc2)C(C)(C)C)cc1)c1ccccc1. The number of likely N-dealkylation sites (tertiary alicyclic amines) is 1. The summed E-state index contributed by atoms with van der Waals surface area (Å²) in [5.74, 6) is 0.168. The molecule has 1 aromatic heterocycles. The van der Waals surface area contributed by atoms with Crippen molar-refractivity contribution in [1.82, 2.24) is 20.5 Å². The Hall–Kier alpha value is -6.11. The Morgan fingerprint density at radius 1 is 0.821 bits per heavy atom. The van der Waals surface area contributed by atoms with Gasteiger partial charge in [0.2, 0.25) is 17.7 Å². The van der Waals surface area contributed by atoms with Crippen LogP contribution in [0.1, 0.15) is 120 Å². The molecule has 1 aliphatic rings. The van der Waals surface area contributed by atoms with Crippen molar-refractivity contribution < 1.29 is 34.1 Å². The number of rotatable bonds is 22. The molecule has 12 heteroatoms. The molecular weight excluding hydrogens is 861 g/mol. The minimum absolute atomic E-state index is 0.0140. The number of hydrogen-bond donors (Lipinski definition) is 4. The third kappa shape index (κ3) is 14.2. The number of aryl methyl sites for hydroxylation is 1. The zero-order valence-electron chi connectivity index (χ0n) is 39.6. The number of allylic oxidation sites excluding steroid dienone is 1. The molecule has 0 aliphatic carbocycles. The van der Waals surface area contributed by atoms with Crippen molar-refractivity contribution in [3.05, 3.63) is 137 Å². The lowest BCUT2D eigenvalue weighted by molar-refractivity contribution is -0.144. The molecule has 5 aromatic rings. The van der Waals surface area contributed by atoms with Crippen LogP contribution in [0.25, 0.3) is 21.6 Å². The summed E-state index contributed by atoms with van der Waals surface area (Å²) >= 11 is 1.58. The first-order chi connectivity index (χ1) is 32.2. The molecule has 0 bridgehead atoms. The van der Waals surface area contributed by atoms with Gasteiger partial charge in [0.25, 0.3) is 0 Å². The summed E-state index contributed by atoms with van der Waals surface area (Å²) in [4.78, 5) is 60.2. The minimum atomic E-state index is -0.884. The molecule has 1 aliphatic heterocycles. The van der Waals surface area contributed by atoms with Gasteiger partial charge in [-0.25, -0.2) is 4.98 Å². The molecule has 1 saturated heterocycles. The number of unbranched alkanes of at least 4 members (excludes halogenated alkanes) is 3. The minimum Gasteiger partial charge on any atom is -0.508 e. The number of benzene rings is 4. The lowest BCUT2D eigenvalue weighted by Crippen LogP contribution is -2.57. The van der Waals surface area contributed by atoms with E-state index in [9.17, 15) is 29.4 Å². The van der Waals surface area contributed by atoms with E-state index in [1.165, 1.54) is 10.5 Å². The summed E-state index contributed by atoms with van der Waals surface area (Å²) in [5.41, 5.74) is 9.63. The van der Waals surface area contributed by atoms with E-state index in [-0.39, 0.29) is 55.2 Å². The number of carbonyl (C=O) groups is 4. The molecule has 2 heterocycles. The van der Waals surface area contributed by atoms with Crippen molar-refractivity contribution in [2.75, 3.05) is 13.2 Å². The fourth-order valence-electron chi connectivity index (χ4n) is 8.58. The lowest BCUT2D eigenvalue weighted by atomic mass is 9.85. The summed E-state index contributed by atoms with van der Waals surface area (Å²) in [7, 11) is 0. The Bertz CT molecular complexity index is 2440. The first-order valence-electron chi connectivity index (χ1n) is 23.6. The number of nitrogens with zero attached hydrogens (tertiary/aromatic N) is 2. The van der Waals surface area contributed by atoms with E-state index in [4.69, 9.17) is 4.74 Å². The van der Waals surface area contributed by atoms with Gasteiger partial charge in [-0.1, -0.05) is 119 Å². The normalized spacial score (nSPS) is 15.7. The van der Waals surface area contributed by atoms with Crippen LogP contribution in [-0.2, 0) is 25.7 Å². The molecule has 0 unspecified atom stereocenters. The van der Waals surface area contributed by atoms with Crippen molar-refractivity contribution >= 4 is 46.0 Å². The van der Waals surface area contributed by atoms with Crippen LogP contribution in [0.15, 0.2) is 109 Å². The fourth-order valence-corrected chi connectivity index (χ4v) is 9.40. The Morgan fingerprint density at radius 2 is 1.46 bits per heavy atom. The molecule has 0 radical (unpaired) electrons. The standard InChI is InChI=1S/C55H66N4O7S/c1-6-47(39-15-10-9-11-16-39)50(40-24-28-44(61)29-25-40)41-26-30-46(31-27-41)66-32-14-18-43(60)17-12-7-8-13-19-49(63)58-52(55(3,4)5)54(65)59-35-45(62)33-48(59)53(64)56-34-38-20-22-42(23-21-38)51-37(2)57-36-67-51/h9-11,15-16,20-31,36,45,48,52,61-62H,6-8,12-14,17-19,32-35H2,1-5H3,(H,56,64)(H,58,63)/t45-,48+,52-/m1/s1. The van der Waals surface area contributed by atoms with E-state index >= 15 is 0 Å². The molecule has 3 amide bonds. The van der Waals surface area contributed by atoms with Gasteiger partial charge in [0.1, 0.15) is 29.4 Å². The number of phenolic OH excluding ortho intramolecular Hbond substituents is 1. The second-order valence-corrected chi connectivity index (χ2v) is 19.3. The van der Waals surface area contributed by atoms with Crippen LogP contribution in [0.4, 0.5) is 0 Å². The largest absolute Gasteiger partial charge is 0.508 e. The third-order valence-corrected chi connectivity index (χ3v) is 13.2. The second-order valence-electron chi connectivity index (χ2n) is 18.5. The quantitative estimate of drug-likeness (QED) is 0.0395. The molecule has 67 heavy (non-hydrogen) atoms. The Balaban J connectivity index is 0.889. The number of ketones is 1. The van der Waals surface area contributed by atoms with Gasteiger partial charge in [-0.3, -0.25) is 19.2 Å². The smallest absolute Gasteiger partial charge is 0.246 e. The molecule has 6 rings (SSSR count). The van der Waals surface area contributed by atoms with Crippen LogP contribution < -0.4 is 15.4 Å². The van der Waals surface area contributed by atoms with Crippen LogP contribution in [0, 0.1) is 12.3 Å². The Labute approximate surface area is 399 Å². The predicted molar refractivity (Wildman–Crippen MR) is 266 cm³/mol. The number of aromatic hydroxyl groups is 1. The highest BCUT2D eigenvalue weighted by Gasteiger charge is 2.44. The zero-order valence-corrected chi connectivity index (χ0v) is 40.4. The van der Waals surface area contributed by atoms with Crippen molar-refractivity contribution in [3.63, 3.8) is 0 Å². The number of Topliss-reactive ketones (excluding diaryl/α,β-unsaturated/α-hetero) is 1. The van der Waals surface area contributed by atoms with Crippen LogP contribution in [0.3, 0.4) is 0 Å². The monoisotopic (exact) mass is 926 g/mol. The van der Waals surface area contributed by atoms with Crippen molar-refractivity contribution in [3.8, 4) is 21.9 Å². The maximum absolute atomic E-state index is 14.0. The van der Waals surface area contributed by atoms with E-state index in [2.05, 4.69) is 46.8 Å². The zero-order chi connectivity index (χ0) is 47.9. The molecule has 0 saturated carbocycles. The molecule has 3 atom stereocenters. The number of aliphatic hydroxyl groups excluding tert-OH is 1. The number of aliphatic hydroxyl groups is 1. The molecule has 1 fully saturated rings. The van der Waals surface area contributed by atoms with Gasteiger partial charge in [0, 0.05) is 38.8 Å². The van der Waals surface area contributed by atoms with E-state index in [0.29, 0.717) is 32.3 Å². The first-order valence-corrected chi connectivity index (χ1v) is 24.5. The summed E-state index contributed by atoms with van der Waals surface area (Å²) in [5, 5.41) is 26.4. The molecular formula is C55H66N4O7S. The highest BCUT2D eigenvalue weighted by molar-refractivity contribution is 7.13. The first kappa shape index (κ1) is 50.3. The van der Waals surface area contributed by atoms with E-state index in [0.717, 1.165) is 75.4 Å². The van der Waals surface area contributed by atoms with Gasteiger partial charge >= 0.3 is 0 Å². The molecule has 11 nitrogen and oxygen atoms in total. The molecule has 4 N–H and O–H groups in total. The number of nitrogens with one attached hydrogen (secondary N) is 2. The topological polar surface area (TPSA) is 158 Å². The van der Waals surface area contributed by atoms with Gasteiger partial charge in [-0.2, -0.15) is 0 Å². The van der Waals surface area contributed by atoms with E-state index < -0.39 is 23.6 Å². The molecule has 0 spiro atoms. The number of ether oxygens (including phenoxy) is 1. The second kappa shape index (κ2) is 24.1. The Kier molecular flexibility index (Phi) is 18.1. The van der Waals surface area contributed by atoms with Gasteiger partial charge in [-0.15, -0.1) is 11.3 Å². The van der Waals surface area contributed by atoms with E-state index in [1.807, 2.05) is 99.9 Å². The van der Waals surface area contributed by atoms with Crippen molar-refractivity contribution in [2.24, 2.45) is 5.41 Å². The average Bonchev–Trinajstić information content (AvgIpc) is 3.94. The van der Waals surface area contributed by atoms with Crippen LogP contribution >= 0.6 is 11.3 Å². The summed E-state index contributed by atoms with van der Waals surface area (Å²) < 4.78 is 6.02. The summed E-state index contributed by atoms with van der Waals surface area (Å²) in [6, 6.07) is 31.8. The van der Waals surface area contributed by atoms with Gasteiger partial charge < -0.3 is 30.5 Å². The number of phenols is 1. The van der Waals surface area contributed by atoms with Crippen LogP contribution in [0.5, 0.6) is 11.5 Å². The fraction of sp³-hybridized carbons (Fsp3) is 0.400. The highest BCUT2D eigenvalue weighted by Crippen LogP contribution is 2.36. The average molecular weight is 927 g/mol. The Morgan fingerprint density at radius 3 is 2.09 bits per heavy atom. The number of β-amino-alcohol motifs (C(OH)–C–C–N with tert-alkyl or cyclic N) is 1. The molecule has 4 aromatic carbocycles.